The predicted molar refractivity (Wildman–Crippen MR) is 93.1 cm³/mol. The summed E-state index contributed by atoms with van der Waals surface area (Å²) < 4.78 is 1.40. The zero-order chi connectivity index (χ0) is 16.0. The molecule has 0 amide bonds. The van der Waals surface area contributed by atoms with Gasteiger partial charge >= 0.3 is 0 Å². The Hall–Kier alpha value is -0.996. The van der Waals surface area contributed by atoms with Crippen LogP contribution in [0.4, 0.5) is 0 Å². The Bertz CT molecular complexity index is 667. The first kappa shape index (κ1) is 24.3. The first-order valence-electron chi connectivity index (χ1n) is 7.49. The molecule has 0 saturated heterocycles. The molecule has 0 aliphatic carbocycles. The summed E-state index contributed by atoms with van der Waals surface area (Å²) in [7, 11) is 0. The van der Waals surface area contributed by atoms with Gasteiger partial charge in [-0.3, -0.25) is 4.79 Å². The van der Waals surface area contributed by atoms with E-state index in [2.05, 4.69) is 5.10 Å². The van der Waals surface area contributed by atoms with Gasteiger partial charge in [0.2, 0.25) is 0 Å². The molecule has 1 heterocycles. The molecule has 0 spiro atoms. The molecule has 1 aromatic heterocycles. The van der Waals surface area contributed by atoms with Gasteiger partial charge in [-0.1, -0.05) is 45.0 Å². The molecule has 2 rings (SSSR count). The van der Waals surface area contributed by atoms with E-state index >= 15 is 0 Å². The zero-order valence-corrected chi connectivity index (χ0v) is 17.9. The topological polar surface area (TPSA) is 55.1 Å². The molecule has 0 fully saturated rings. The van der Waals surface area contributed by atoms with Gasteiger partial charge in [0.1, 0.15) is 5.69 Å². The third-order valence-electron chi connectivity index (χ3n) is 3.25. The number of hydrogen-bond acceptors (Lipinski definition) is 3. The molecule has 23 heavy (non-hydrogen) atoms. The van der Waals surface area contributed by atoms with Crippen molar-refractivity contribution >= 4 is 0 Å². The van der Waals surface area contributed by atoms with Gasteiger partial charge in [0.25, 0.3) is 5.56 Å². The summed E-state index contributed by atoms with van der Waals surface area (Å²) in [6, 6.07) is 7.56. The van der Waals surface area contributed by atoms with Crippen molar-refractivity contribution in [2.75, 3.05) is 0 Å². The largest absolute Gasteiger partial charge is 0.505 e. The first-order chi connectivity index (χ1) is 10.1. The third-order valence-corrected chi connectivity index (χ3v) is 3.25. The van der Waals surface area contributed by atoms with Gasteiger partial charge in [-0.2, -0.15) is 5.10 Å². The van der Waals surface area contributed by atoms with E-state index in [0.717, 1.165) is 11.1 Å². The van der Waals surface area contributed by atoms with Crippen LogP contribution in [-0.4, -0.2) is 14.9 Å². The smallest absolute Gasteiger partial charge is 0.278 e. The van der Waals surface area contributed by atoms with Crippen LogP contribution < -0.4 is 5.56 Å². The van der Waals surface area contributed by atoms with Crippen LogP contribution in [-0.2, 0) is 45.7 Å². The van der Waals surface area contributed by atoms with Gasteiger partial charge in [-0.05, 0) is 31.4 Å². The SMILES string of the molecule is CC.CCc1nn(CC)c(=O)c(-c2ccccc2C)c1O.[CH3-].[Y]. The molecule has 1 aromatic carbocycles. The van der Waals surface area contributed by atoms with Crippen molar-refractivity contribution < 1.29 is 37.8 Å². The summed E-state index contributed by atoms with van der Waals surface area (Å²) in [4.78, 5) is 12.4. The predicted octanol–water partition coefficient (Wildman–Crippen LogP) is 3.98. The zero-order valence-electron chi connectivity index (χ0n) is 15.1. The fourth-order valence-corrected chi connectivity index (χ4v) is 2.16. The molecule has 1 N–H and O–H groups in total. The summed E-state index contributed by atoms with van der Waals surface area (Å²) in [5, 5.41) is 14.5. The molecular weight excluding hydrogens is 365 g/mol. The molecule has 0 unspecified atom stereocenters. The monoisotopic (exact) mass is 392 g/mol. The minimum absolute atomic E-state index is 0. The van der Waals surface area contributed by atoms with E-state index in [-0.39, 0.29) is 51.4 Å². The van der Waals surface area contributed by atoms with Gasteiger partial charge in [-0.15, -0.1) is 0 Å². The fourth-order valence-electron chi connectivity index (χ4n) is 2.16. The van der Waals surface area contributed by atoms with Crippen LogP contribution in [0.3, 0.4) is 0 Å². The average Bonchev–Trinajstić information content (AvgIpc) is 2.51. The van der Waals surface area contributed by atoms with Crippen LogP contribution in [0, 0.1) is 14.4 Å². The standard InChI is InChI=1S/C15H18N2O2.C2H6.CH3.Y/c1-4-12-14(18)13(15(19)17(5-2)16-12)11-9-7-6-8-10(11)3;1-2;;/h6-9,18H,4-5H2,1-3H3;1-2H3;1H3;/q;;-1;. The maximum Gasteiger partial charge on any atom is 0.278 e. The number of aryl methyl sites for hydroxylation is 3. The van der Waals surface area contributed by atoms with Gasteiger partial charge in [0.15, 0.2) is 5.75 Å². The Labute approximate surface area is 164 Å². The molecule has 1 radical (unpaired) electrons. The number of nitrogens with zero attached hydrogens (tertiary/aromatic N) is 2. The second-order valence-corrected chi connectivity index (χ2v) is 4.46. The molecular formula is C18H27N2O2Y-. The molecule has 4 nitrogen and oxygen atoms in total. The van der Waals surface area contributed by atoms with Crippen molar-refractivity contribution in [3.05, 3.63) is 53.3 Å². The Balaban J connectivity index is 0. The van der Waals surface area contributed by atoms with Crippen molar-refractivity contribution in [1.82, 2.24) is 9.78 Å². The van der Waals surface area contributed by atoms with Crippen LogP contribution in [0.1, 0.15) is 39.0 Å². The Kier molecular flexibility index (Phi) is 12.2. The summed E-state index contributed by atoms with van der Waals surface area (Å²) in [6.07, 6.45) is 0.588. The molecule has 5 heteroatoms. The van der Waals surface area contributed by atoms with E-state index in [1.54, 1.807) is 0 Å². The van der Waals surface area contributed by atoms with Crippen molar-refractivity contribution in [2.45, 2.75) is 47.6 Å². The van der Waals surface area contributed by atoms with E-state index < -0.39 is 0 Å². The number of aromatic hydroxyl groups is 1. The van der Waals surface area contributed by atoms with Crippen LogP contribution in [0.15, 0.2) is 29.1 Å². The minimum atomic E-state index is -0.244. The molecule has 0 atom stereocenters. The number of benzene rings is 1. The van der Waals surface area contributed by atoms with Crippen LogP contribution in [0.5, 0.6) is 5.75 Å². The second kappa shape index (κ2) is 11.5. The average molecular weight is 392 g/mol. The van der Waals surface area contributed by atoms with Crippen LogP contribution >= 0.6 is 0 Å². The van der Waals surface area contributed by atoms with E-state index in [4.69, 9.17) is 0 Å². The van der Waals surface area contributed by atoms with Crippen LogP contribution in [0.2, 0.25) is 0 Å². The van der Waals surface area contributed by atoms with Gasteiger partial charge < -0.3 is 12.5 Å². The van der Waals surface area contributed by atoms with Crippen LogP contribution in [0.25, 0.3) is 11.1 Å². The quantitative estimate of drug-likeness (QED) is 0.804. The van der Waals surface area contributed by atoms with Crippen molar-refractivity contribution in [3.8, 4) is 16.9 Å². The summed E-state index contributed by atoms with van der Waals surface area (Å²) >= 11 is 0. The van der Waals surface area contributed by atoms with Crippen molar-refractivity contribution in [1.29, 1.82) is 0 Å². The molecule has 2 aromatic rings. The normalized spacial score (nSPS) is 9.09. The Morgan fingerprint density at radius 1 is 1.17 bits per heavy atom. The Morgan fingerprint density at radius 2 is 1.74 bits per heavy atom. The molecule has 0 aliphatic heterocycles. The van der Waals surface area contributed by atoms with E-state index in [1.165, 1.54) is 4.68 Å². The summed E-state index contributed by atoms with van der Waals surface area (Å²) in [6.45, 7) is 10.2. The Morgan fingerprint density at radius 3 is 2.22 bits per heavy atom. The van der Waals surface area contributed by atoms with Gasteiger partial charge in [-0.25, -0.2) is 4.68 Å². The number of hydrogen-bond donors (Lipinski definition) is 1. The van der Waals surface area contributed by atoms with Crippen molar-refractivity contribution in [3.63, 3.8) is 0 Å². The molecule has 0 aliphatic rings. The summed E-state index contributed by atoms with van der Waals surface area (Å²) in [5.41, 5.74) is 2.40. The molecule has 0 saturated carbocycles. The van der Waals surface area contributed by atoms with E-state index in [1.807, 2.05) is 58.9 Å². The maximum absolute atomic E-state index is 12.4. The second-order valence-electron chi connectivity index (χ2n) is 4.46. The van der Waals surface area contributed by atoms with E-state index in [9.17, 15) is 9.90 Å². The minimum Gasteiger partial charge on any atom is -0.505 e. The summed E-state index contributed by atoms with van der Waals surface area (Å²) in [5.74, 6) is 0.00602. The van der Waals surface area contributed by atoms with E-state index in [0.29, 0.717) is 24.2 Å². The number of rotatable bonds is 3. The first-order valence-corrected chi connectivity index (χ1v) is 7.49. The van der Waals surface area contributed by atoms with Gasteiger partial charge in [0.05, 0.1) is 5.56 Å². The van der Waals surface area contributed by atoms with Crippen molar-refractivity contribution in [2.24, 2.45) is 0 Å². The third kappa shape index (κ3) is 5.25. The number of aromatic nitrogens is 2. The maximum atomic E-state index is 12.4. The van der Waals surface area contributed by atoms with Gasteiger partial charge in [0, 0.05) is 39.3 Å². The fraction of sp³-hybridized carbons (Fsp3) is 0.389. The molecule has 125 valence electrons. The molecule has 0 bridgehead atoms.